The van der Waals surface area contributed by atoms with Crippen molar-refractivity contribution in [1.82, 2.24) is 4.31 Å². The molecule has 0 saturated carbocycles. The van der Waals surface area contributed by atoms with E-state index in [1.807, 2.05) is 24.3 Å². The predicted molar refractivity (Wildman–Crippen MR) is 110 cm³/mol. The van der Waals surface area contributed by atoms with Crippen molar-refractivity contribution in [2.45, 2.75) is 23.3 Å². The predicted octanol–water partition coefficient (Wildman–Crippen LogP) is 2.83. The minimum atomic E-state index is -4.18. The smallest absolute Gasteiger partial charge is 0.250 e. The maximum Gasteiger partial charge on any atom is 0.250 e. The number of para-hydroxylation sites is 1. The first kappa shape index (κ1) is 20.9. The Morgan fingerprint density at radius 3 is 2.77 bits per heavy atom. The van der Waals surface area contributed by atoms with E-state index in [0.29, 0.717) is 6.42 Å². The first-order chi connectivity index (χ1) is 14.5. The molecule has 7 nitrogen and oxygen atoms in total. The number of hydrogen-bond donors (Lipinski definition) is 1. The van der Waals surface area contributed by atoms with Gasteiger partial charge in [0.2, 0.25) is 10.0 Å². The van der Waals surface area contributed by atoms with Gasteiger partial charge < -0.3 is 19.5 Å². The molecule has 2 heterocycles. The normalized spacial score (nSPS) is 21.7. The number of morpholine rings is 1. The Balaban J connectivity index is 1.68. The van der Waals surface area contributed by atoms with Crippen LogP contribution < -0.4 is 14.8 Å². The summed E-state index contributed by atoms with van der Waals surface area (Å²) < 4.78 is 59.2. The molecule has 0 bridgehead atoms. The largest absolute Gasteiger partial charge is 0.493 e. The summed E-state index contributed by atoms with van der Waals surface area (Å²) in [5, 5.41) is 3.36. The Labute approximate surface area is 175 Å². The van der Waals surface area contributed by atoms with E-state index in [-0.39, 0.29) is 37.2 Å². The number of methoxy groups -OCH3 is 2. The van der Waals surface area contributed by atoms with E-state index >= 15 is 0 Å². The van der Waals surface area contributed by atoms with Crippen LogP contribution >= 0.6 is 0 Å². The van der Waals surface area contributed by atoms with Gasteiger partial charge in [0, 0.05) is 30.7 Å². The molecular weight excluding hydrogens is 411 g/mol. The zero-order chi connectivity index (χ0) is 21.3. The minimum Gasteiger partial charge on any atom is -0.493 e. The third-order valence-corrected chi connectivity index (χ3v) is 7.68. The Morgan fingerprint density at radius 2 is 2.00 bits per heavy atom. The molecule has 2 atom stereocenters. The van der Waals surface area contributed by atoms with Crippen LogP contribution in [0.1, 0.15) is 17.9 Å². The monoisotopic (exact) mass is 436 g/mol. The molecule has 2 aliphatic rings. The Kier molecular flexibility index (Phi) is 5.86. The summed E-state index contributed by atoms with van der Waals surface area (Å²) >= 11 is 0. The molecule has 162 valence electrons. The van der Waals surface area contributed by atoms with Gasteiger partial charge in [0.25, 0.3) is 0 Å². The number of ether oxygens (including phenoxy) is 3. The molecule has 9 heteroatoms. The molecule has 2 aliphatic heterocycles. The lowest BCUT2D eigenvalue weighted by Gasteiger charge is -2.36. The molecular formula is C21H25FN2O5S. The number of hydrogen-bond acceptors (Lipinski definition) is 6. The average Bonchev–Trinajstić information content (AvgIpc) is 3.16. The van der Waals surface area contributed by atoms with Crippen LogP contribution in [0.25, 0.3) is 0 Å². The van der Waals surface area contributed by atoms with Crippen LogP contribution in [-0.2, 0) is 14.8 Å². The number of anilines is 1. The number of nitrogens with one attached hydrogen (secondary N) is 1. The van der Waals surface area contributed by atoms with E-state index in [0.717, 1.165) is 23.9 Å². The van der Waals surface area contributed by atoms with Gasteiger partial charge >= 0.3 is 0 Å². The van der Waals surface area contributed by atoms with Crippen LogP contribution in [0.15, 0.2) is 41.3 Å². The van der Waals surface area contributed by atoms with Crippen molar-refractivity contribution in [2.75, 3.05) is 45.8 Å². The molecule has 1 saturated heterocycles. The van der Waals surface area contributed by atoms with Crippen LogP contribution in [-0.4, -0.2) is 59.3 Å². The van der Waals surface area contributed by atoms with Gasteiger partial charge in [-0.3, -0.25) is 0 Å². The van der Waals surface area contributed by atoms with Crippen LogP contribution in [0, 0.1) is 5.82 Å². The molecule has 2 unspecified atom stereocenters. The van der Waals surface area contributed by atoms with E-state index in [2.05, 4.69) is 5.32 Å². The SMILES string of the molecule is COc1ccc(F)c(S(=O)(=O)N2CCOCC2CC2CNc3ccccc32)c1OC. The summed E-state index contributed by atoms with van der Waals surface area (Å²) in [5.41, 5.74) is 2.22. The van der Waals surface area contributed by atoms with Crippen molar-refractivity contribution in [2.24, 2.45) is 0 Å². The van der Waals surface area contributed by atoms with E-state index in [1.54, 1.807) is 0 Å². The molecule has 0 amide bonds. The van der Waals surface area contributed by atoms with Gasteiger partial charge in [0.05, 0.1) is 27.4 Å². The van der Waals surface area contributed by atoms with Crippen LogP contribution in [0.4, 0.5) is 10.1 Å². The Bertz CT molecular complexity index is 1030. The van der Waals surface area contributed by atoms with Gasteiger partial charge in [-0.25, -0.2) is 12.8 Å². The Morgan fingerprint density at radius 1 is 1.20 bits per heavy atom. The molecule has 0 radical (unpaired) electrons. The first-order valence-corrected chi connectivity index (χ1v) is 11.2. The van der Waals surface area contributed by atoms with Crippen molar-refractivity contribution in [3.05, 3.63) is 47.8 Å². The lowest BCUT2D eigenvalue weighted by atomic mass is 9.94. The minimum absolute atomic E-state index is 0.129. The molecule has 1 fully saturated rings. The van der Waals surface area contributed by atoms with Crippen molar-refractivity contribution >= 4 is 15.7 Å². The number of benzene rings is 2. The highest BCUT2D eigenvalue weighted by Crippen LogP contribution is 2.40. The van der Waals surface area contributed by atoms with Gasteiger partial charge in [0.15, 0.2) is 16.4 Å². The fraction of sp³-hybridized carbons (Fsp3) is 0.429. The van der Waals surface area contributed by atoms with Crippen molar-refractivity contribution in [1.29, 1.82) is 0 Å². The van der Waals surface area contributed by atoms with E-state index in [1.165, 1.54) is 24.6 Å². The lowest BCUT2D eigenvalue weighted by Crippen LogP contribution is -2.49. The summed E-state index contributed by atoms with van der Waals surface area (Å²) in [6.45, 7) is 1.38. The van der Waals surface area contributed by atoms with Gasteiger partial charge in [-0.1, -0.05) is 18.2 Å². The van der Waals surface area contributed by atoms with Crippen LogP contribution in [0.3, 0.4) is 0 Å². The van der Waals surface area contributed by atoms with Crippen molar-refractivity contribution in [3.63, 3.8) is 0 Å². The first-order valence-electron chi connectivity index (χ1n) is 9.80. The lowest BCUT2D eigenvalue weighted by molar-refractivity contribution is 0.0275. The summed E-state index contributed by atoms with van der Waals surface area (Å²) in [6.07, 6.45) is 0.567. The highest BCUT2D eigenvalue weighted by molar-refractivity contribution is 7.89. The molecule has 0 spiro atoms. The third kappa shape index (κ3) is 3.61. The summed E-state index contributed by atoms with van der Waals surface area (Å²) in [4.78, 5) is -0.499. The van der Waals surface area contributed by atoms with Gasteiger partial charge in [-0.15, -0.1) is 0 Å². The molecule has 4 rings (SSSR count). The quantitative estimate of drug-likeness (QED) is 0.751. The number of fused-ring (bicyclic) bond motifs is 1. The van der Waals surface area contributed by atoms with Crippen molar-refractivity contribution < 1.29 is 27.0 Å². The molecule has 2 aromatic rings. The number of halogens is 1. The van der Waals surface area contributed by atoms with Gasteiger partial charge in [0.1, 0.15) is 5.82 Å². The summed E-state index contributed by atoms with van der Waals surface area (Å²) in [5.74, 6) is -0.694. The third-order valence-electron chi connectivity index (χ3n) is 5.69. The molecule has 2 aromatic carbocycles. The second kappa shape index (κ2) is 8.41. The van der Waals surface area contributed by atoms with Gasteiger partial charge in [-0.2, -0.15) is 4.31 Å². The highest BCUT2D eigenvalue weighted by atomic mass is 32.2. The standard InChI is InChI=1S/C21H25FN2O5S/c1-27-19-8-7-17(22)21(20(19)28-2)30(25,26)24-9-10-29-13-15(24)11-14-12-23-18-6-4-3-5-16(14)18/h3-8,14-15,23H,9-13H2,1-2H3. The fourth-order valence-corrected chi connectivity index (χ4v) is 6.09. The van der Waals surface area contributed by atoms with Crippen LogP contribution in [0.2, 0.25) is 0 Å². The molecule has 0 aliphatic carbocycles. The summed E-state index contributed by atoms with van der Waals surface area (Å²) in [6, 6.07) is 10.0. The zero-order valence-corrected chi connectivity index (χ0v) is 17.7. The maximum atomic E-state index is 14.8. The molecule has 1 N–H and O–H groups in total. The number of nitrogens with zero attached hydrogens (tertiary/aromatic N) is 1. The highest BCUT2D eigenvalue weighted by Gasteiger charge is 2.40. The molecule has 30 heavy (non-hydrogen) atoms. The maximum absolute atomic E-state index is 14.8. The Hall–Kier alpha value is -2.36. The van der Waals surface area contributed by atoms with E-state index < -0.39 is 26.8 Å². The molecule has 0 aromatic heterocycles. The van der Waals surface area contributed by atoms with Crippen LogP contribution in [0.5, 0.6) is 11.5 Å². The summed E-state index contributed by atoms with van der Waals surface area (Å²) in [7, 11) is -1.50. The second-order valence-corrected chi connectivity index (χ2v) is 9.18. The zero-order valence-electron chi connectivity index (χ0n) is 16.9. The number of rotatable bonds is 6. The van der Waals surface area contributed by atoms with Gasteiger partial charge in [-0.05, 0) is 30.2 Å². The average molecular weight is 437 g/mol. The fourth-order valence-electron chi connectivity index (χ4n) is 4.27. The van der Waals surface area contributed by atoms with E-state index in [4.69, 9.17) is 14.2 Å². The van der Waals surface area contributed by atoms with Crippen molar-refractivity contribution in [3.8, 4) is 11.5 Å². The van der Waals surface area contributed by atoms with E-state index in [9.17, 15) is 12.8 Å². The number of sulfonamides is 1. The topological polar surface area (TPSA) is 77.1 Å². The second-order valence-electron chi connectivity index (χ2n) is 7.36.